The Morgan fingerprint density at radius 3 is 2.32 bits per heavy atom. The summed E-state index contributed by atoms with van der Waals surface area (Å²) in [5.74, 6) is -0.105. The van der Waals surface area contributed by atoms with Crippen LogP contribution in [0.4, 0.5) is 22.0 Å². The largest absolute Gasteiger partial charge is 0.465 e. The van der Waals surface area contributed by atoms with Gasteiger partial charge >= 0.3 is 12.1 Å². The third-order valence-electron chi connectivity index (χ3n) is 4.14. The second kappa shape index (κ2) is 9.30. The number of pyridine rings is 1. The molecule has 3 aromatic rings. The first-order valence-corrected chi connectivity index (χ1v) is 9.75. The minimum absolute atomic E-state index is 0.341. The second-order valence-electron chi connectivity index (χ2n) is 7.84. The van der Waals surface area contributed by atoms with Gasteiger partial charge in [-0.15, -0.1) is 0 Å². The highest BCUT2D eigenvalue weighted by molar-refractivity contribution is 5.93. The lowest BCUT2D eigenvalue weighted by Crippen LogP contribution is -2.27. The van der Waals surface area contributed by atoms with Gasteiger partial charge in [0.15, 0.2) is 0 Å². The Morgan fingerprint density at radius 2 is 1.65 bits per heavy atom. The van der Waals surface area contributed by atoms with E-state index in [0.29, 0.717) is 11.4 Å². The quantitative estimate of drug-likeness (QED) is 0.521. The fourth-order valence-corrected chi connectivity index (χ4v) is 2.88. The summed E-state index contributed by atoms with van der Waals surface area (Å²) in [6.45, 7) is 5.36. The number of rotatable bonds is 5. The SMILES string of the molecule is COC(=O)c1cc(Nc2ccccc2)cc(-c2ccnc(NC(=O)OC(C)(C)C)c2)c1. The summed E-state index contributed by atoms with van der Waals surface area (Å²) in [5, 5.41) is 5.92. The zero-order valence-corrected chi connectivity index (χ0v) is 17.9. The van der Waals surface area contributed by atoms with Crippen molar-refractivity contribution in [2.45, 2.75) is 26.4 Å². The van der Waals surface area contributed by atoms with E-state index in [1.54, 1.807) is 51.2 Å². The summed E-state index contributed by atoms with van der Waals surface area (Å²) in [5.41, 5.74) is 2.92. The monoisotopic (exact) mass is 419 g/mol. The van der Waals surface area contributed by atoms with Gasteiger partial charge in [-0.3, -0.25) is 5.32 Å². The summed E-state index contributed by atoms with van der Waals surface area (Å²) in [7, 11) is 1.34. The zero-order chi connectivity index (χ0) is 22.4. The van der Waals surface area contributed by atoms with E-state index < -0.39 is 17.7 Å². The van der Waals surface area contributed by atoms with Gasteiger partial charge in [-0.1, -0.05) is 18.2 Å². The molecule has 0 atom stereocenters. The van der Waals surface area contributed by atoms with Crippen molar-refractivity contribution in [2.75, 3.05) is 17.7 Å². The number of nitrogens with zero attached hydrogens (tertiary/aromatic N) is 1. The highest BCUT2D eigenvalue weighted by atomic mass is 16.6. The average molecular weight is 419 g/mol. The molecule has 1 aromatic heterocycles. The summed E-state index contributed by atoms with van der Waals surface area (Å²) in [6, 6.07) is 18.5. The number of amides is 1. The zero-order valence-electron chi connectivity index (χ0n) is 17.9. The number of hydrogen-bond donors (Lipinski definition) is 2. The van der Waals surface area contributed by atoms with Crippen LogP contribution in [0.15, 0.2) is 66.9 Å². The number of esters is 1. The normalized spacial score (nSPS) is 10.8. The Hall–Kier alpha value is -3.87. The van der Waals surface area contributed by atoms with Gasteiger partial charge in [0.25, 0.3) is 0 Å². The predicted molar refractivity (Wildman–Crippen MR) is 121 cm³/mol. The number of methoxy groups -OCH3 is 1. The van der Waals surface area contributed by atoms with Crippen LogP contribution in [0.1, 0.15) is 31.1 Å². The molecule has 2 aromatic carbocycles. The molecule has 1 amide bonds. The van der Waals surface area contributed by atoms with Crippen molar-refractivity contribution in [1.29, 1.82) is 0 Å². The van der Waals surface area contributed by atoms with Crippen LogP contribution >= 0.6 is 0 Å². The van der Waals surface area contributed by atoms with Crippen molar-refractivity contribution in [3.8, 4) is 11.1 Å². The van der Waals surface area contributed by atoms with Gasteiger partial charge in [0.2, 0.25) is 0 Å². The fourth-order valence-electron chi connectivity index (χ4n) is 2.88. The number of carbonyl (C=O) groups excluding carboxylic acids is 2. The molecule has 3 rings (SSSR count). The summed E-state index contributed by atoms with van der Waals surface area (Å²) >= 11 is 0. The molecule has 0 saturated heterocycles. The third-order valence-corrected chi connectivity index (χ3v) is 4.14. The van der Waals surface area contributed by atoms with E-state index in [9.17, 15) is 9.59 Å². The molecule has 0 spiro atoms. The maximum absolute atomic E-state index is 12.2. The van der Waals surface area contributed by atoms with Gasteiger partial charge in [-0.05, 0) is 74.4 Å². The molecule has 7 heteroatoms. The van der Waals surface area contributed by atoms with Crippen LogP contribution in [-0.4, -0.2) is 29.8 Å². The number of ether oxygens (including phenoxy) is 2. The van der Waals surface area contributed by atoms with Crippen LogP contribution in [0.3, 0.4) is 0 Å². The number of nitrogens with one attached hydrogen (secondary N) is 2. The molecular weight excluding hydrogens is 394 g/mol. The first-order chi connectivity index (χ1) is 14.7. The molecule has 0 aliphatic rings. The standard InChI is InChI=1S/C24H25N3O4/c1-24(2,3)31-23(29)27-21-15-16(10-11-25-21)17-12-18(22(28)30-4)14-20(13-17)26-19-8-6-5-7-9-19/h5-15,26H,1-4H3,(H,25,27,29). The minimum Gasteiger partial charge on any atom is -0.465 e. The molecule has 0 radical (unpaired) electrons. The smallest absolute Gasteiger partial charge is 0.413 e. The van der Waals surface area contributed by atoms with E-state index in [0.717, 1.165) is 22.5 Å². The molecule has 0 bridgehead atoms. The Labute approximate surface area is 181 Å². The van der Waals surface area contributed by atoms with Crippen LogP contribution in [0.5, 0.6) is 0 Å². The lowest BCUT2D eigenvalue weighted by Gasteiger charge is -2.19. The molecule has 2 N–H and O–H groups in total. The van der Waals surface area contributed by atoms with Crippen molar-refractivity contribution >= 4 is 29.3 Å². The number of aromatic nitrogens is 1. The second-order valence-corrected chi connectivity index (χ2v) is 7.84. The van der Waals surface area contributed by atoms with Crippen molar-refractivity contribution in [2.24, 2.45) is 0 Å². The lowest BCUT2D eigenvalue weighted by atomic mass is 10.0. The van der Waals surface area contributed by atoms with Crippen LogP contribution in [-0.2, 0) is 9.47 Å². The minimum atomic E-state index is -0.617. The van der Waals surface area contributed by atoms with E-state index in [-0.39, 0.29) is 0 Å². The number of para-hydroxylation sites is 1. The molecule has 31 heavy (non-hydrogen) atoms. The maximum atomic E-state index is 12.2. The highest BCUT2D eigenvalue weighted by Crippen LogP contribution is 2.28. The molecule has 7 nitrogen and oxygen atoms in total. The van der Waals surface area contributed by atoms with Crippen molar-refractivity contribution in [3.63, 3.8) is 0 Å². The van der Waals surface area contributed by atoms with Gasteiger partial charge in [0.1, 0.15) is 11.4 Å². The Bertz CT molecular complexity index is 1080. The highest BCUT2D eigenvalue weighted by Gasteiger charge is 2.17. The van der Waals surface area contributed by atoms with Crippen LogP contribution < -0.4 is 10.6 Å². The van der Waals surface area contributed by atoms with Crippen LogP contribution in [0, 0.1) is 0 Å². The van der Waals surface area contributed by atoms with Crippen LogP contribution in [0.25, 0.3) is 11.1 Å². The Morgan fingerprint density at radius 1 is 0.903 bits per heavy atom. The molecule has 160 valence electrons. The Balaban J connectivity index is 1.93. The average Bonchev–Trinajstić information content (AvgIpc) is 2.72. The third kappa shape index (κ3) is 6.30. The van der Waals surface area contributed by atoms with Crippen molar-refractivity contribution < 1.29 is 19.1 Å². The summed E-state index contributed by atoms with van der Waals surface area (Å²) < 4.78 is 10.2. The summed E-state index contributed by atoms with van der Waals surface area (Å²) in [4.78, 5) is 28.5. The number of hydrogen-bond acceptors (Lipinski definition) is 6. The van der Waals surface area contributed by atoms with Gasteiger partial charge in [0.05, 0.1) is 12.7 Å². The fraction of sp³-hybridized carbons (Fsp3) is 0.208. The van der Waals surface area contributed by atoms with E-state index in [2.05, 4.69) is 15.6 Å². The van der Waals surface area contributed by atoms with Crippen molar-refractivity contribution in [3.05, 3.63) is 72.4 Å². The first-order valence-electron chi connectivity index (χ1n) is 9.75. The van der Waals surface area contributed by atoms with Gasteiger partial charge in [0, 0.05) is 17.6 Å². The van der Waals surface area contributed by atoms with Gasteiger partial charge < -0.3 is 14.8 Å². The van der Waals surface area contributed by atoms with Crippen molar-refractivity contribution in [1.82, 2.24) is 4.98 Å². The number of benzene rings is 2. The summed E-state index contributed by atoms with van der Waals surface area (Å²) in [6.07, 6.45) is 0.990. The molecule has 0 unspecified atom stereocenters. The van der Waals surface area contributed by atoms with E-state index in [1.807, 2.05) is 36.4 Å². The van der Waals surface area contributed by atoms with Crippen LogP contribution in [0.2, 0.25) is 0 Å². The molecule has 0 fully saturated rings. The first kappa shape index (κ1) is 21.8. The van der Waals surface area contributed by atoms with E-state index in [4.69, 9.17) is 9.47 Å². The molecule has 1 heterocycles. The van der Waals surface area contributed by atoms with Gasteiger partial charge in [-0.2, -0.15) is 0 Å². The lowest BCUT2D eigenvalue weighted by molar-refractivity contribution is 0.0598. The Kier molecular flexibility index (Phi) is 6.55. The number of carbonyl (C=O) groups is 2. The van der Waals surface area contributed by atoms with E-state index >= 15 is 0 Å². The van der Waals surface area contributed by atoms with E-state index in [1.165, 1.54) is 7.11 Å². The topological polar surface area (TPSA) is 89.5 Å². The molecular formula is C24H25N3O4. The number of anilines is 3. The van der Waals surface area contributed by atoms with Gasteiger partial charge in [-0.25, -0.2) is 14.6 Å². The maximum Gasteiger partial charge on any atom is 0.413 e. The molecule has 0 saturated carbocycles. The predicted octanol–water partition coefficient (Wildman–Crippen LogP) is 5.63. The molecule has 0 aliphatic carbocycles. The molecule has 0 aliphatic heterocycles.